The summed E-state index contributed by atoms with van der Waals surface area (Å²) in [5, 5.41) is 9.64. The Morgan fingerprint density at radius 3 is 2.93 bits per heavy atom. The first-order chi connectivity index (χ1) is 7.20. The van der Waals surface area contributed by atoms with Gasteiger partial charge in [0.2, 0.25) is 0 Å². The third-order valence-corrected chi connectivity index (χ3v) is 3.61. The minimum Gasteiger partial charge on any atom is -0.393 e. The van der Waals surface area contributed by atoms with Crippen LogP contribution in [-0.4, -0.2) is 11.2 Å². The van der Waals surface area contributed by atoms with E-state index in [0.717, 1.165) is 19.3 Å². The highest BCUT2D eigenvalue weighted by Crippen LogP contribution is 2.26. The highest BCUT2D eigenvalue weighted by atomic mass is 16.3. The Morgan fingerprint density at radius 2 is 2.20 bits per heavy atom. The lowest BCUT2D eigenvalue weighted by atomic mass is 9.86. The number of hydrogen-bond donors (Lipinski definition) is 1. The summed E-state index contributed by atoms with van der Waals surface area (Å²) in [5.41, 5.74) is 4.23. The second-order valence-electron chi connectivity index (χ2n) is 4.73. The molecule has 0 spiro atoms. The van der Waals surface area contributed by atoms with Gasteiger partial charge in [-0.1, -0.05) is 32.0 Å². The van der Waals surface area contributed by atoms with E-state index in [2.05, 4.69) is 32.0 Å². The van der Waals surface area contributed by atoms with Gasteiger partial charge in [-0.25, -0.2) is 0 Å². The van der Waals surface area contributed by atoms with Crippen molar-refractivity contribution in [3.63, 3.8) is 0 Å². The average molecular weight is 204 g/mol. The van der Waals surface area contributed by atoms with Gasteiger partial charge in [-0.2, -0.15) is 0 Å². The molecule has 1 heteroatoms. The third-order valence-electron chi connectivity index (χ3n) is 3.61. The number of aryl methyl sites for hydroxylation is 1. The second kappa shape index (κ2) is 4.36. The van der Waals surface area contributed by atoms with E-state index in [1.165, 1.54) is 23.1 Å². The van der Waals surface area contributed by atoms with E-state index in [0.29, 0.717) is 5.92 Å². The van der Waals surface area contributed by atoms with Gasteiger partial charge < -0.3 is 5.11 Å². The van der Waals surface area contributed by atoms with Gasteiger partial charge in [0.1, 0.15) is 0 Å². The minimum atomic E-state index is -0.121. The number of aliphatic hydroxyl groups excluding tert-OH is 1. The largest absolute Gasteiger partial charge is 0.393 e. The van der Waals surface area contributed by atoms with Crippen molar-refractivity contribution in [1.82, 2.24) is 0 Å². The molecular formula is C14H20O. The van der Waals surface area contributed by atoms with Crippen molar-refractivity contribution >= 4 is 0 Å². The standard InChI is InChI=1S/C14H20O/c1-3-10(2)12-5-4-11-6-7-14(15)9-13(11)8-12/h4-5,8,10,14-15H,3,6-7,9H2,1-2H3. The Bertz CT molecular complexity index is 343. The lowest BCUT2D eigenvalue weighted by Crippen LogP contribution is -2.18. The van der Waals surface area contributed by atoms with E-state index in [4.69, 9.17) is 0 Å². The summed E-state index contributed by atoms with van der Waals surface area (Å²) in [4.78, 5) is 0. The monoisotopic (exact) mass is 204 g/mol. The summed E-state index contributed by atoms with van der Waals surface area (Å²) in [6.45, 7) is 4.49. The van der Waals surface area contributed by atoms with Crippen LogP contribution in [0.1, 0.15) is 49.3 Å². The van der Waals surface area contributed by atoms with E-state index in [9.17, 15) is 5.11 Å². The zero-order valence-corrected chi connectivity index (χ0v) is 9.66. The smallest absolute Gasteiger partial charge is 0.0583 e. The molecule has 0 bridgehead atoms. The molecule has 0 heterocycles. The first-order valence-corrected chi connectivity index (χ1v) is 6.00. The Hall–Kier alpha value is -0.820. The molecule has 1 nitrogen and oxygen atoms in total. The van der Waals surface area contributed by atoms with E-state index >= 15 is 0 Å². The molecule has 1 N–H and O–H groups in total. The molecule has 2 unspecified atom stereocenters. The molecule has 1 aliphatic carbocycles. The number of benzene rings is 1. The second-order valence-corrected chi connectivity index (χ2v) is 4.73. The van der Waals surface area contributed by atoms with Gasteiger partial charge in [0.15, 0.2) is 0 Å². The molecule has 1 aromatic carbocycles. The first kappa shape index (κ1) is 10.7. The van der Waals surface area contributed by atoms with Crippen molar-refractivity contribution < 1.29 is 5.11 Å². The van der Waals surface area contributed by atoms with Crippen molar-refractivity contribution in [2.75, 3.05) is 0 Å². The zero-order valence-electron chi connectivity index (χ0n) is 9.66. The van der Waals surface area contributed by atoms with E-state index < -0.39 is 0 Å². The van der Waals surface area contributed by atoms with Crippen LogP contribution in [0.15, 0.2) is 18.2 Å². The van der Waals surface area contributed by atoms with Crippen LogP contribution in [0.3, 0.4) is 0 Å². The fourth-order valence-corrected chi connectivity index (χ4v) is 2.30. The Kier molecular flexibility index (Phi) is 3.11. The van der Waals surface area contributed by atoms with Crippen molar-refractivity contribution in [3.8, 4) is 0 Å². The predicted molar refractivity (Wildman–Crippen MR) is 63.2 cm³/mol. The summed E-state index contributed by atoms with van der Waals surface area (Å²) in [7, 11) is 0. The summed E-state index contributed by atoms with van der Waals surface area (Å²) < 4.78 is 0. The van der Waals surface area contributed by atoms with Gasteiger partial charge in [-0.05, 0) is 48.3 Å². The summed E-state index contributed by atoms with van der Waals surface area (Å²) >= 11 is 0. The summed E-state index contributed by atoms with van der Waals surface area (Å²) in [5.74, 6) is 0.634. The molecule has 0 fully saturated rings. The van der Waals surface area contributed by atoms with Crippen molar-refractivity contribution in [1.29, 1.82) is 0 Å². The van der Waals surface area contributed by atoms with E-state index in [1.54, 1.807) is 0 Å². The Morgan fingerprint density at radius 1 is 1.40 bits per heavy atom. The lowest BCUT2D eigenvalue weighted by molar-refractivity contribution is 0.158. The number of aliphatic hydroxyl groups is 1. The quantitative estimate of drug-likeness (QED) is 0.785. The van der Waals surface area contributed by atoms with Crippen LogP contribution in [0.5, 0.6) is 0 Å². The molecule has 1 aliphatic rings. The number of rotatable bonds is 2. The van der Waals surface area contributed by atoms with Crippen LogP contribution in [-0.2, 0) is 12.8 Å². The molecule has 15 heavy (non-hydrogen) atoms. The molecule has 0 amide bonds. The van der Waals surface area contributed by atoms with Gasteiger partial charge >= 0.3 is 0 Å². The highest BCUT2D eigenvalue weighted by molar-refractivity contribution is 5.35. The molecule has 0 saturated heterocycles. The van der Waals surface area contributed by atoms with Crippen LogP contribution < -0.4 is 0 Å². The highest BCUT2D eigenvalue weighted by Gasteiger charge is 2.17. The maximum absolute atomic E-state index is 9.64. The lowest BCUT2D eigenvalue weighted by Gasteiger charge is -2.22. The van der Waals surface area contributed by atoms with E-state index in [1.807, 2.05) is 0 Å². The Labute approximate surface area is 92.1 Å². The predicted octanol–water partition coefficient (Wildman–Crippen LogP) is 3.05. The van der Waals surface area contributed by atoms with E-state index in [-0.39, 0.29) is 6.10 Å². The molecule has 0 saturated carbocycles. The topological polar surface area (TPSA) is 20.2 Å². The molecule has 0 aromatic heterocycles. The third kappa shape index (κ3) is 2.23. The van der Waals surface area contributed by atoms with Gasteiger partial charge in [0.25, 0.3) is 0 Å². The molecule has 0 radical (unpaired) electrons. The maximum Gasteiger partial charge on any atom is 0.0583 e. The Balaban J connectivity index is 2.28. The summed E-state index contributed by atoms with van der Waals surface area (Å²) in [6.07, 6.45) is 3.87. The van der Waals surface area contributed by atoms with Crippen molar-refractivity contribution in [3.05, 3.63) is 34.9 Å². The fraction of sp³-hybridized carbons (Fsp3) is 0.571. The van der Waals surface area contributed by atoms with Gasteiger partial charge in [-0.15, -0.1) is 0 Å². The molecule has 0 aliphatic heterocycles. The van der Waals surface area contributed by atoms with Crippen LogP contribution in [0.4, 0.5) is 0 Å². The molecule has 2 rings (SSSR count). The number of fused-ring (bicyclic) bond motifs is 1. The van der Waals surface area contributed by atoms with Crippen LogP contribution in [0, 0.1) is 0 Å². The SMILES string of the molecule is CCC(C)c1ccc2c(c1)CC(O)CC2. The maximum atomic E-state index is 9.64. The van der Waals surface area contributed by atoms with Gasteiger partial charge in [0, 0.05) is 0 Å². The van der Waals surface area contributed by atoms with Crippen molar-refractivity contribution in [2.24, 2.45) is 0 Å². The molecule has 2 atom stereocenters. The van der Waals surface area contributed by atoms with Crippen LogP contribution in [0.25, 0.3) is 0 Å². The molecular weight excluding hydrogens is 184 g/mol. The minimum absolute atomic E-state index is 0.121. The first-order valence-electron chi connectivity index (χ1n) is 6.00. The summed E-state index contributed by atoms with van der Waals surface area (Å²) in [6, 6.07) is 6.80. The average Bonchev–Trinajstić information content (AvgIpc) is 2.27. The zero-order chi connectivity index (χ0) is 10.8. The van der Waals surface area contributed by atoms with Gasteiger partial charge in [-0.3, -0.25) is 0 Å². The van der Waals surface area contributed by atoms with Gasteiger partial charge in [0.05, 0.1) is 6.10 Å². The van der Waals surface area contributed by atoms with Crippen molar-refractivity contribution in [2.45, 2.75) is 51.6 Å². The molecule has 82 valence electrons. The normalized spacial score (nSPS) is 22.2. The molecule has 1 aromatic rings. The van der Waals surface area contributed by atoms with Crippen LogP contribution >= 0.6 is 0 Å². The number of hydrogen-bond acceptors (Lipinski definition) is 1. The van der Waals surface area contributed by atoms with Crippen LogP contribution in [0.2, 0.25) is 0 Å². The fourth-order valence-electron chi connectivity index (χ4n) is 2.30.